The van der Waals surface area contributed by atoms with Gasteiger partial charge in [-0.3, -0.25) is 0 Å². The Hall–Kier alpha value is -0.870. The number of hydrogen-bond donors (Lipinski definition) is 0. The molecule has 0 amide bonds. The Morgan fingerprint density at radius 3 is 2.57 bits per heavy atom. The summed E-state index contributed by atoms with van der Waals surface area (Å²) in [5.74, 6) is 0.875. The predicted octanol–water partition coefficient (Wildman–Crippen LogP) is 5.18. The van der Waals surface area contributed by atoms with Crippen molar-refractivity contribution in [3.8, 4) is 0 Å². The molecule has 0 saturated heterocycles. The summed E-state index contributed by atoms with van der Waals surface area (Å²) in [6.45, 7) is 6.41. The van der Waals surface area contributed by atoms with E-state index in [-0.39, 0.29) is 5.41 Å². The van der Waals surface area contributed by atoms with Crippen molar-refractivity contribution in [2.45, 2.75) is 55.4 Å². The maximum atomic E-state index is 4.72. The molecule has 2 aromatic rings. The van der Waals surface area contributed by atoms with Crippen LogP contribution in [0.2, 0.25) is 0 Å². The van der Waals surface area contributed by atoms with E-state index in [0.717, 1.165) is 15.5 Å². The molecule has 0 radical (unpaired) electrons. The fourth-order valence-electron chi connectivity index (χ4n) is 2.52. The van der Waals surface area contributed by atoms with Crippen molar-refractivity contribution < 1.29 is 0 Å². The molecule has 0 aliphatic heterocycles. The van der Waals surface area contributed by atoms with Crippen LogP contribution in [0.1, 0.15) is 44.1 Å². The Morgan fingerprint density at radius 2 is 1.81 bits per heavy atom. The zero-order chi connectivity index (χ0) is 15.0. The maximum absolute atomic E-state index is 4.72. The van der Waals surface area contributed by atoms with Gasteiger partial charge in [-0.15, -0.1) is 0 Å². The average Bonchev–Trinajstić information content (AvgIpc) is 2.84. The molecule has 3 rings (SSSR count). The summed E-state index contributed by atoms with van der Waals surface area (Å²) in [6, 6.07) is 8.79. The number of hydrogen-bond acceptors (Lipinski definition) is 3. The molecular formula is C17H19BrN2S. The molecule has 110 valence electrons. The predicted molar refractivity (Wildman–Crippen MR) is 91.0 cm³/mol. The van der Waals surface area contributed by atoms with Crippen molar-refractivity contribution in [3.63, 3.8) is 0 Å². The summed E-state index contributed by atoms with van der Waals surface area (Å²) in [4.78, 5) is 10.5. The quantitative estimate of drug-likeness (QED) is 0.688. The Kier molecular flexibility index (Phi) is 4.10. The zero-order valence-corrected chi connectivity index (χ0v) is 15.0. The van der Waals surface area contributed by atoms with Gasteiger partial charge in [0.2, 0.25) is 0 Å². The van der Waals surface area contributed by atoms with E-state index in [1.165, 1.54) is 35.3 Å². The van der Waals surface area contributed by atoms with Crippen molar-refractivity contribution in [1.29, 1.82) is 0 Å². The SMILES string of the molecule is CC(C)(C)c1nc(Br)cc(Sc2ccc3c(c2)CCC3)n1. The van der Waals surface area contributed by atoms with Crippen LogP contribution in [0, 0.1) is 0 Å². The molecule has 1 aromatic carbocycles. The highest BCUT2D eigenvalue weighted by Crippen LogP contribution is 2.33. The summed E-state index contributed by atoms with van der Waals surface area (Å²) in [7, 11) is 0. The summed E-state index contributed by atoms with van der Waals surface area (Å²) in [5, 5.41) is 1.000. The van der Waals surface area contributed by atoms with Crippen molar-refractivity contribution in [3.05, 3.63) is 45.8 Å². The summed E-state index contributed by atoms with van der Waals surface area (Å²) in [6.07, 6.45) is 3.73. The zero-order valence-electron chi connectivity index (χ0n) is 12.6. The number of halogens is 1. The van der Waals surface area contributed by atoms with Gasteiger partial charge in [-0.1, -0.05) is 38.6 Å². The van der Waals surface area contributed by atoms with E-state index in [0.29, 0.717) is 0 Å². The van der Waals surface area contributed by atoms with Gasteiger partial charge in [-0.05, 0) is 58.5 Å². The highest BCUT2D eigenvalue weighted by Gasteiger charge is 2.19. The van der Waals surface area contributed by atoms with E-state index in [1.807, 2.05) is 6.07 Å². The number of rotatable bonds is 2. The molecular weight excluding hydrogens is 344 g/mol. The average molecular weight is 363 g/mol. The fraction of sp³-hybridized carbons (Fsp3) is 0.412. The van der Waals surface area contributed by atoms with Crippen LogP contribution in [-0.4, -0.2) is 9.97 Å². The molecule has 1 aromatic heterocycles. The van der Waals surface area contributed by atoms with Crippen molar-refractivity contribution in [2.75, 3.05) is 0 Å². The lowest BCUT2D eigenvalue weighted by atomic mass is 9.96. The summed E-state index contributed by atoms with van der Waals surface area (Å²) in [5.41, 5.74) is 2.97. The van der Waals surface area contributed by atoms with Crippen molar-refractivity contribution >= 4 is 27.7 Å². The topological polar surface area (TPSA) is 25.8 Å². The fourth-order valence-corrected chi connectivity index (χ4v) is 3.93. The number of fused-ring (bicyclic) bond motifs is 1. The Labute approximate surface area is 138 Å². The molecule has 0 N–H and O–H groups in total. The van der Waals surface area contributed by atoms with Crippen LogP contribution in [0.3, 0.4) is 0 Å². The number of aryl methyl sites for hydroxylation is 2. The van der Waals surface area contributed by atoms with Crippen LogP contribution in [0.15, 0.2) is 38.8 Å². The molecule has 1 aliphatic rings. The first kappa shape index (κ1) is 15.0. The lowest BCUT2D eigenvalue weighted by Gasteiger charge is -2.17. The van der Waals surface area contributed by atoms with Gasteiger partial charge in [0.05, 0.1) is 0 Å². The largest absolute Gasteiger partial charge is 0.226 e. The standard InChI is InChI=1S/C17H19BrN2S/c1-17(2,3)16-19-14(18)10-15(20-16)21-13-8-7-11-5-4-6-12(11)9-13/h7-10H,4-6H2,1-3H3. The van der Waals surface area contributed by atoms with Gasteiger partial charge in [0.25, 0.3) is 0 Å². The van der Waals surface area contributed by atoms with E-state index >= 15 is 0 Å². The van der Waals surface area contributed by atoms with Gasteiger partial charge in [0.1, 0.15) is 15.5 Å². The minimum atomic E-state index is -0.0446. The minimum Gasteiger partial charge on any atom is -0.226 e. The highest BCUT2D eigenvalue weighted by atomic mass is 79.9. The highest BCUT2D eigenvalue weighted by molar-refractivity contribution is 9.10. The van der Waals surface area contributed by atoms with Crippen LogP contribution in [-0.2, 0) is 18.3 Å². The van der Waals surface area contributed by atoms with E-state index in [1.54, 1.807) is 11.8 Å². The van der Waals surface area contributed by atoms with Gasteiger partial charge >= 0.3 is 0 Å². The molecule has 0 atom stereocenters. The third-order valence-electron chi connectivity index (χ3n) is 3.63. The van der Waals surface area contributed by atoms with Gasteiger partial charge in [-0.2, -0.15) is 0 Å². The Bertz CT molecular complexity index is 677. The monoisotopic (exact) mass is 362 g/mol. The third-order valence-corrected chi connectivity index (χ3v) is 4.95. The second-order valence-corrected chi connectivity index (χ2v) is 8.39. The Balaban J connectivity index is 1.89. The van der Waals surface area contributed by atoms with Crippen LogP contribution in [0.25, 0.3) is 0 Å². The molecule has 2 nitrogen and oxygen atoms in total. The van der Waals surface area contributed by atoms with E-state index < -0.39 is 0 Å². The number of nitrogens with zero attached hydrogens (tertiary/aromatic N) is 2. The maximum Gasteiger partial charge on any atom is 0.136 e. The first-order valence-electron chi connectivity index (χ1n) is 7.26. The van der Waals surface area contributed by atoms with E-state index in [4.69, 9.17) is 4.98 Å². The second-order valence-electron chi connectivity index (χ2n) is 6.49. The summed E-state index contributed by atoms with van der Waals surface area (Å²) < 4.78 is 0.853. The van der Waals surface area contributed by atoms with Gasteiger partial charge in [0, 0.05) is 16.4 Å². The lowest BCUT2D eigenvalue weighted by Crippen LogP contribution is -2.16. The van der Waals surface area contributed by atoms with Crippen molar-refractivity contribution in [2.24, 2.45) is 0 Å². The second kappa shape index (κ2) is 5.73. The van der Waals surface area contributed by atoms with Crippen LogP contribution >= 0.6 is 27.7 Å². The first-order chi connectivity index (χ1) is 9.91. The third kappa shape index (κ3) is 3.49. The molecule has 1 aliphatic carbocycles. The smallest absolute Gasteiger partial charge is 0.136 e. The molecule has 0 fully saturated rings. The summed E-state index contributed by atoms with van der Waals surface area (Å²) >= 11 is 5.22. The molecule has 0 spiro atoms. The normalized spacial score (nSPS) is 14.3. The van der Waals surface area contributed by atoms with Crippen LogP contribution in [0.5, 0.6) is 0 Å². The molecule has 21 heavy (non-hydrogen) atoms. The van der Waals surface area contributed by atoms with Crippen molar-refractivity contribution in [1.82, 2.24) is 9.97 Å². The van der Waals surface area contributed by atoms with Gasteiger partial charge in [0.15, 0.2) is 0 Å². The molecule has 1 heterocycles. The number of aromatic nitrogens is 2. The van der Waals surface area contributed by atoms with E-state index in [2.05, 4.69) is 59.9 Å². The van der Waals surface area contributed by atoms with Crippen LogP contribution in [0.4, 0.5) is 0 Å². The molecule has 0 unspecified atom stereocenters. The minimum absolute atomic E-state index is 0.0446. The molecule has 4 heteroatoms. The van der Waals surface area contributed by atoms with Gasteiger partial charge < -0.3 is 0 Å². The Morgan fingerprint density at radius 1 is 1.05 bits per heavy atom. The molecule has 0 saturated carbocycles. The van der Waals surface area contributed by atoms with Crippen LogP contribution < -0.4 is 0 Å². The number of benzene rings is 1. The molecule has 0 bridgehead atoms. The van der Waals surface area contributed by atoms with Gasteiger partial charge in [-0.25, -0.2) is 9.97 Å². The lowest BCUT2D eigenvalue weighted by molar-refractivity contribution is 0.536. The first-order valence-corrected chi connectivity index (χ1v) is 8.87. The van der Waals surface area contributed by atoms with E-state index in [9.17, 15) is 0 Å².